The Morgan fingerprint density at radius 3 is 2.93 bits per heavy atom. The van der Waals surface area contributed by atoms with Crippen LogP contribution in [0.25, 0.3) is 11.0 Å². The number of aliphatic hydroxyl groups is 1. The molecule has 0 spiro atoms. The van der Waals surface area contributed by atoms with E-state index in [1.807, 2.05) is 0 Å². The number of aliphatic hydroxyl groups excluding tert-OH is 1. The zero-order chi connectivity index (χ0) is 19.7. The van der Waals surface area contributed by atoms with E-state index in [4.69, 9.17) is 0 Å². The maximum atomic E-state index is 13.8. The zero-order valence-electron chi connectivity index (χ0n) is 14.7. The van der Waals surface area contributed by atoms with Gasteiger partial charge in [0.1, 0.15) is 23.8 Å². The molecule has 1 saturated carbocycles. The van der Waals surface area contributed by atoms with Gasteiger partial charge in [-0.05, 0) is 37.5 Å². The fraction of sp³-hybridized carbons (Fsp3) is 0.333. The standard InChI is InChI=1S/C18H18F2N6O2/c19-10-4-5-11(20)9(6-10)7-21-18(28)15-14-16(22-8-23-17(14)26-25-15)24-12-2-1-3-13(12)27/h4-6,8,12-13,27H,1-3,7H2,(H,21,28)(H2,22,23,24,25,26)/t12-,13-/m1/s1. The second-order valence-electron chi connectivity index (χ2n) is 6.69. The number of hydrogen-bond acceptors (Lipinski definition) is 6. The quantitative estimate of drug-likeness (QED) is 0.531. The van der Waals surface area contributed by atoms with Crippen molar-refractivity contribution >= 4 is 22.8 Å². The van der Waals surface area contributed by atoms with Gasteiger partial charge in [-0.1, -0.05) is 0 Å². The summed E-state index contributed by atoms with van der Waals surface area (Å²) in [4.78, 5) is 20.8. The minimum absolute atomic E-state index is 0.0249. The van der Waals surface area contributed by atoms with E-state index in [0.29, 0.717) is 23.3 Å². The second kappa shape index (κ2) is 7.47. The van der Waals surface area contributed by atoms with E-state index < -0.39 is 23.6 Å². The van der Waals surface area contributed by atoms with Crippen molar-refractivity contribution in [1.82, 2.24) is 25.5 Å². The molecule has 0 aliphatic heterocycles. The summed E-state index contributed by atoms with van der Waals surface area (Å²) in [6.45, 7) is -0.200. The van der Waals surface area contributed by atoms with Gasteiger partial charge in [-0.2, -0.15) is 5.10 Å². The number of nitrogens with one attached hydrogen (secondary N) is 3. The molecule has 1 aliphatic carbocycles. The second-order valence-corrected chi connectivity index (χ2v) is 6.69. The Hall–Kier alpha value is -3.14. The van der Waals surface area contributed by atoms with E-state index in [9.17, 15) is 18.7 Å². The Morgan fingerprint density at radius 2 is 2.14 bits per heavy atom. The van der Waals surface area contributed by atoms with Crippen LogP contribution in [-0.2, 0) is 6.54 Å². The van der Waals surface area contributed by atoms with Crippen molar-refractivity contribution in [2.75, 3.05) is 5.32 Å². The number of carbonyl (C=O) groups is 1. The summed E-state index contributed by atoms with van der Waals surface area (Å²) in [5.74, 6) is -1.41. The molecule has 10 heteroatoms. The number of aromatic amines is 1. The molecular weight excluding hydrogens is 370 g/mol. The first-order valence-electron chi connectivity index (χ1n) is 8.88. The largest absolute Gasteiger partial charge is 0.391 e. The van der Waals surface area contributed by atoms with Gasteiger partial charge in [0.15, 0.2) is 11.3 Å². The first-order valence-corrected chi connectivity index (χ1v) is 8.88. The predicted octanol–water partition coefficient (Wildman–Crippen LogP) is 1.89. The summed E-state index contributed by atoms with van der Waals surface area (Å²) in [7, 11) is 0. The van der Waals surface area contributed by atoms with Crippen LogP contribution in [-0.4, -0.2) is 43.3 Å². The number of benzene rings is 1. The molecule has 0 radical (unpaired) electrons. The van der Waals surface area contributed by atoms with Crippen LogP contribution in [0.1, 0.15) is 35.3 Å². The van der Waals surface area contributed by atoms with Gasteiger partial charge in [-0.3, -0.25) is 9.89 Å². The molecule has 0 bridgehead atoms. The van der Waals surface area contributed by atoms with Crippen LogP contribution >= 0.6 is 0 Å². The normalized spacial score (nSPS) is 19.1. The fourth-order valence-corrected chi connectivity index (χ4v) is 3.36. The number of amides is 1. The molecule has 1 fully saturated rings. The highest BCUT2D eigenvalue weighted by atomic mass is 19.1. The molecule has 4 rings (SSSR count). The third-order valence-corrected chi connectivity index (χ3v) is 4.82. The van der Waals surface area contributed by atoms with Crippen LogP contribution < -0.4 is 10.6 Å². The maximum Gasteiger partial charge on any atom is 0.272 e. The number of H-pyrrole nitrogens is 1. The molecule has 0 saturated heterocycles. The summed E-state index contributed by atoms with van der Waals surface area (Å²) < 4.78 is 27.0. The topological polar surface area (TPSA) is 116 Å². The summed E-state index contributed by atoms with van der Waals surface area (Å²) in [6.07, 6.45) is 3.21. The molecule has 0 unspecified atom stereocenters. The molecule has 146 valence electrons. The van der Waals surface area contributed by atoms with Gasteiger partial charge in [-0.25, -0.2) is 18.7 Å². The maximum absolute atomic E-state index is 13.8. The van der Waals surface area contributed by atoms with Crippen molar-refractivity contribution in [3.8, 4) is 0 Å². The molecule has 28 heavy (non-hydrogen) atoms. The number of anilines is 1. The third kappa shape index (κ3) is 3.50. The fourth-order valence-electron chi connectivity index (χ4n) is 3.36. The van der Waals surface area contributed by atoms with Crippen LogP contribution in [0.5, 0.6) is 0 Å². The molecule has 1 aromatic carbocycles. The lowest BCUT2D eigenvalue weighted by molar-refractivity contribution is 0.0947. The van der Waals surface area contributed by atoms with Gasteiger partial charge < -0.3 is 15.7 Å². The molecule has 2 atom stereocenters. The molecule has 2 heterocycles. The van der Waals surface area contributed by atoms with Gasteiger partial charge in [0.05, 0.1) is 17.5 Å². The van der Waals surface area contributed by atoms with Crippen molar-refractivity contribution in [2.45, 2.75) is 38.0 Å². The summed E-state index contributed by atoms with van der Waals surface area (Å²) in [5.41, 5.74) is 0.409. The predicted molar refractivity (Wildman–Crippen MR) is 96.5 cm³/mol. The number of nitrogens with zero attached hydrogens (tertiary/aromatic N) is 3. The van der Waals surface area contributed by atoms with Crippen molar-refractivity contribution in [2.24, 2.45) is 0 Å². The van der Waals surface area contributed by atoms with Gasteiger partial charge in [0, 0.05) is 12.1 Å². The van der Waals surface area contributed by atoms with Crippen LogP contribution in [0.4, 0.5) is 14.6 Å². The Balaban J connectivity index is 1.57. The first-order chi connectivity index (χ1) is 13.5. The van der Waals surface area contributed by atoms with Crippen LogP contribution in [0.2, 0.25) is 0 Å². The van der Waals surface area contributed by atoms with Gasteiger partial charge in [-0.15, -0.1) is 0 Å². The minimum Gasteiger partial charge on any atom is -0.391 e. The first kappa shape index (κ1) is 18.2. The smallest absolute Gasteiger partial charge is 0.272 e. The molecule has 4 N–H and O–H groups in total. The highest BCUT2D eigenvalue weighted by molar-refractivity contribution is 6.07. The van der Waals surface area contributed by atoms with Crippen molar-refractivity contribution in [3.05, 3.63) is 47.4 Å². The molecule has 1 amide bonds. The highest BCUT2D eigenvalue weighted by Gasteiger charge is 2.27. The monoisotopic (exact) mass is 388 g/mol. The number of hydrogen-bond donors (Lipinski definition) is 4. The van der Waals surface area contributed by atoms with Gasteiger partial charge in [0.25, 0.3) is 5.91 Å². The van der Waals surface area contributed by atoms with Crippen molar-refractivity contribution in [3.63, 3.8) is 0 Å². The number of carbonyl (C=O) groups excluding carboxylic acids is 1. The molecule has 1 aliphatic rings. The Bertz CT molecular complexity index is 1020. The number of halogens is 2. The molecular formula is C18H18F2N6O2. The van der Waals surface area contributed by atoms with Crippen molar-refractivity contribution < 1.29 is 18.7 Å². The average Bonchev–Trinajstić information content (AvgIpc) is 3.29. The summed E-state index contributed by atoms with van der Waals surface area (Å²) in [6, 6.07) is 2.86. The Kier molecular flexibility index (Phi) is 4.86. The van der Waals surface area contributed by atoms with E-state index in [-0.39, 0.29) is 23.8 Å². The Labute approximate surface area is 158 Å². The lowest BCUT2D eigenvalue weighted by Crippen LogP contribution is -2.29. The van der Waals surface area contributed by atoms with Crippen LogP contribution in [0.3, 0.4) is 0 Å². The Morgan fingerprint density at radius 1 is 1.29 bits per heavy atom. The minimum atomic E-state index is -0.616. The van der Waals surface area contributed by atoms with Crippen LogP contribution in [0.15, 0.2) is 24.5 Å². The number of fused-ring (bicyclic) bond motifs is 1. The third-order valence-electron chi connectivity index (χ3n) is 4.82. The lowest BCUT2D eigenvalue weighted by atomic mass is 10.2. The van der Waals surface area contributed by atoms with Crippen molar-refractivity contribution in [1.29, 1.82) is 0 Å². The molecule has 3 aromatic rings. The van der Waals surface area contributed by atoms with E-state index in [1.54, 1.807) is 0 Å². The van der Waals surface area contributed by atoms with E-state index in [1.165, 1.54) is 6.33 Å². The van der Waals surface area contributed by atoms with Gasteiger partial charge in [0.2, 0.25) is 0 Å². The lowest BCUT2D eigenvalue weighted by Gasteiger charge is -2.17. The average molecular weight is 388 g/mol. The van der Waals surface area contributed by atoms with E-state index >= 15 is 0 Å². The van der Waals surface area contributed by atoms with E-state index in [0.717, 1.165) is 31.0 Å². The molecule has 2 aromatic heterocycles. The number of aromatic nitrogens is 4. The highest BCUT2D eigenvalue weighted by Crippen LogP contribution is 2.27. The van der Waals surface area contributed by atoms with Crippen LogP contribution in [0, 0.1) is 11.6 Å². The molecule has 8 nitrogen and oxygen atoms in total. The van der Waals surface area contributed by atoms with E-state index in [2.05, 4.69) is 30.8 Å². The van der Waals surface area contributed by atoms with Gasteiger partial charge >= 0.3 is 0 Å². The zero-order valence-corrected chi connectivity index (χ0v) is 14.7. The SMILES string of the molecule is O=C(NCc1cc(F)ccc1F)c1n[nH]c2ncnc(N[C@@H]3CCC[C@H]3O)c12. The summed E-state index contributed by atoms with van der Waals surface area (Å²) in [5, 5.41) is 22.8. The number of rotatable bonds is 5. The summed E-state index contributed by atoms with van der Waals surface area (Å²) >= 11 is 0.